The maximum atomic E-state index is 12.4. The second-order valence-electron chi connectivity index (χ2n) is 20.6. The first-order valence-corrected chi connectivity index (χ1v) is 21.3. The largest absolute Gasteiger partial charge is 0.505 e. The van der Waals surface area contributed by atoms with E-state index in [2.05, 4.69) is 193 Å². The quantitative estimate of drug-likeness (QED) is 0.106. The third kappa shape index (κ3) is 8.37. The molecule has 0 saturated heterocycles. The molecule has 0 spiro atoms. The van der Waals surface area contributed by atoms with Gasteiger partial charge in [-0.3, -0.25) is 0 Å². The summed E-state index contributed by atoms with van der Waals surface area (Å²) in [5, 5.41) is 30.6. The van der Waals surface area contributed by atoms with Crippen LogP contribution in [0.5, 0.6) is 11.5 Å². The summed E-state index contributed by atoms with van der Waals surface area (Å²) in [4.78, 5) is 2.00. The summed E-state index contributed by atoms with van der Waals surface area (Å²) in [5.74, 6) is 0.346. The number of phenols is 2. The lowest BCUT2D eigenvalue weighted by Gasteiger charge is -2.32. The van der Waals surface area contributed by atoms with Crippen LogP contribution in [0.25, 0.3) is 27.5 Å². The summed E-state index contributed by atoms with van der Waals surface area (Å²) in [5.41, 5.74) is 12.6. The number of rotatable bonds is 8. The normalized spacial score (nSPS) is 13.5. The zero-order chi connectivity index (χ0) is 44.3. The Labute approximate surface area is 359 Å². The van der Waals surface area contributed by atoms with Gasteiger partial charge in [-0.05, 0) is 119 Å². The van der Waals surface area contributed by atoms with Gasteiger partial charge in [0.2, 0.25) is 0 Å². The molecule has 5 aromatic carbocycles. The van der Waals surface area contributed by atoms with Crippen LogP contribution in [0.15, 0.2) is 121 Å². The van der Waals surface area contributed by atoms with Crippen molar-refractivity contribution in [3.8, 4) is 11.5 Å². The number of allylic oxidation sites excluding steroid dienone is 5. The van der Waals surface area contributed by atoms with Crippen LogP contribution in [0.1, 0.15) is 126 Å². The number of para-hydroxylation sites is 1. The van der Waals surface area contributed by atoms with E-state index in [0.717, 1.165) is 56.1 Å². The van der Waals surface area contributed by atoms with Crippen LogP contribution in [-0.4, -0.2) is 14.8 Å². The first-order valence-electron chi connectivity index (χ1n) is 21.3. The third-order valence-electron chi connectivity index (χ3n) is 11.8. The van der Waals surface area contributed by atoms with Crippen LogP contribution in [0, 0.1) is 0 Å². The molecule has 0 radical (unpaired) electrons. The van der Waals surface area contributed by atoms with Crippen LogP contribution >= 0.6 is 0 Å². The van der Waals surface area contributed by atoms with Crippen molar-refractivity contribution < 1.29 is 10.2 Å². The van der Waals surface area contributed by atoms with Gasteiger partial charge in [0.15, 0.2) is 0 Å². The molecule has 0 amide bonds. The molecule has 0 saturated carbocycles. The highest BCUT2D eigenvalue weighted by Gasteiger charge is 2.30. The van der Waals surface area contributed by atoms with Crippen molar-refractivity contribution in [3.63, 3.8) is 0 Å². The molecule has 0 atom stereocenters. The number of aromatic nitrogens is 1. The second-order valence-corrected chi connectivity index (χ2v) is 20.6. The molecule has 60 heavy (non-hydrogen) atoms. The van der Waals surface area contributed by atoms with Crippen molar-refractivity contribution in [2.75, 3.05) is 10.2 Å². The van der Waals surface area contributed by atoms with Crippen molar-refractivity contribution in [2.24, 2.45) is 0 Å². The van der Waals surface area contributed by atoms with Gasteiger partial charge >= 0.3 is 0 Å². The van der Waals surface area contributed by atoms with E-state index in [1.54, 1.807) is 0 Å². The van der Waals surface area contributed by atoms with E-state index in [0.29, 0.717) is 11.4 Å². The standard InChI is InChI=1S/C55H67N3O2/c1-17-34(3)49(35(4)18-2)58-45-29-24-37(53(8,9)10)30-42(45)41-28-25-38(32-47(41)58)56-39-31-44(55(14,15)16)51(60)48(33-39)57(40-26-22-36(23-27-40)52(5,6)7)46-21-19-20-43(50(46)59)54(11,12)13/h17-33,56,59-60H,1H2,2-16H3/b35-18-,49-34+. The van der Waals surface area contributed by atoms with Crippen molar-refractivity contribution in [1.29, 1.82) is 0 Å². The lowest BCUT2D eigenvalue weighted by atomic mass is 9.84. The number of nitrogens with one attached hydrogen (secondary N) is 1. The molecule has 3 N–H and O–H groups in total. The number of benzene rings is 5. The first-order chi connectivity index (χ1) is 27.9. The van der Waals surface area contributed by atoms with Crippen molar-refractivity contribution in [3.05, 3.63) is 143 Å². The highest BCUT2D eigenvalue weighted by molar-refractivity contribution is 6.12. The van der Waals surface area contributed by atoms with E-state index in [-0.39, 0.29) is 27.7 Å². The molecule has 6 aromatic rings. The van der Waals surface area contributed by atoms with E-state index in [1.807, 2.05) is 35.2 Å². The average molecular weight is 802 g/mol. The van der Waals surface area contributed by atoms with Crippen LogP contribution in [0.4, 0.5) is 28.4 Å². The molecule has 5 heteroatoms. The summed E-state index contributed by atoms with van der Waals surface area (Å²) in [7, 11) is 0. The Hall–Kier alpha value is -5.68. The number of hydrogen-bond acceptors (Lipinski definition) is 4. The third-order valence-corrected chi connectivity index (χ3v) is 11.8. The molecule has 0 bridgehead atoms. The molecule has 0 aliphatic carbocycles. The van der Waals surface area contributed by atoms with Gasteiger partial charge in [-0.25, -0.2) is 0 Å². The van der Waals surface area contributed by atoms with Gasteiger partial charge in [0.25, 0.3) is 0 Å². The summed E-state index contributed by atoms with van der Waals surface area (Å²) in [6.07, 6.45) is 4.10. The number of hydrogen-bond donors (Lipinski definition) is 3. The molecule has 1 aromatic heterocycles. The fraction of sp³-hybridized carbons (Fsp3) is 0.345. The molecule has 0 aliphatic heterocycles. The fourth-order valence-corrected chi connectivity index (χ4v) is 8.14. The summed E-state index contributed by atoms with van der Waals surface area (Å²) < 4.78 is 2.38. The van der Waals surface area contributed by atoms with Crippen molar-refractivity contribution in [1.82, 2.24) is 4.57 Å². The van der Waals surface area contributed by atoms with E-state index in [9.17, 15) is 10.2 Å². The minimum Gasteiger partial charge on any atom is -0.505 e. The smallest absolute Gasteiger partial charge is 0.143 e. The Kier molecular flexibility index (Phi) is 11.5. The molecular weight excluding hydrogens is 735 g/mol. The Balaban J connectivity index is 1.62. The van der Waals surface area contributed by atoms with Crippen molar-refractivity contribution in [2.45, 2.75) is 126 Å². The predicted molar refractivity (Wildman–Crippen MR) is 260 cm³/mol. The van der Waals surface area contributed by atoms with Crippen LogP contribution in [0.3, 0.4) is 0 Å². The second kappa shape index (κ2) is 15.7. The molecule has 0 unspecified atom stereocenters. The highest BCUT2D eigenvalue weighted by atomic mass is 16.3. The van der Waals surface area contributed by atoms with E-state index in [1.165, 1.54) is 21.9 Å². The zero-order valence-electron chi connectivity index (χ0n) is 38.8. The Morgan fingerprint density at radius 2 is 1.20 bits per heavy atom. The summed E-state index contributed by atoms with van der Waals surface area (Å²) in [6, 6.07) is 31.9. The maximum Gasteiger partial charge on any atom is 0.143 e. The lowest BCUT2D eigenvalue weighted by Crippen LogP contribution is -2.18. The van der Waals surface area contributed by atoms with E-state index in [4.69, 9.17) is 0 Å². The molecule has 1 heterocycles. The van der Waals surface area contributed by atoms with Gasteiger partial charge in [0, 0.05) is 39.0 Å². The minimum absolute atomic E-state index is 0.00620. The topological polar surface area (TPSA) is 60.7 Å². The highest BCUT2D eigenvalue weighted by Crippen LogP contribution is 2.50. The summed E-state index contributed by atoms with van der Waals surface area (Å²) >= 11 is 0. The van der Waals surface area contributed by atoms with Gasteiger partial charge in [-0.1, -0.05) is 138 Å². The molecule has 0 fully saturated rings. The maximum absolute atomic E-state index is 12.4. The van der Waals surface area contributed by atoms with Crippen LogP contribution in [0.2, 0.25) is 0 Å². The fourth-order valence-electron chi connectivity index (χ4n) is 8.14. The first kappa shape index (κ1) is 43.9. The lowest BCUT2D eigenvalue weighted by molar-refractivity contribution is 0.444. The molecule has 314 valence electrons. The monoisotopic (exact) mass is 802 g/mol. The van der Waals surface area contributed by atoms with Crippen LogP contribution < -0.4 is 10.2 Å². The average Bonchev–Trinajstić information content (AvgIpc) is 3.47. The van der Waals surface area contributed by atoms with Gasteiger partial charge in [0.1, 0.15) is 11.5 Å². The molecule has 5 nitrogen and oxygen atoms in total. The molecule has 6 rings (SSSR count). The van der Waals surface area contributed by atoms with Crippen LogP contribution in [-0.2, 0) is 21.7 Å². The van der Waals surface area contributed by atoms with Gasteiger partial charge < -0.3 is 25.0 Å². The van der Waals surface area contributed by atoms with Crippen molar-refractivity contribution >= 4 is 55.9 Å². The predicted octanol–water partition coefficient (Wildman–Crippen LogP) is 16.0. The van der Waals surface area contributed by atoms with Gasteiger partial charge in [-0.15, -0.1) is 0 Å². The van der Waals surface area contributed by atoms with Gasteiger partial charge in [-0.2, -0.15) is 0 Å². The van der Waals surface area contributed by atoms with E-state index >= 15 is 0 Å². The number of aromatic hydroxyl groups is 2. The zero-order valence-corrected chi connectivity index (χ0v) is 38.8. The SMILES string of the molecule is C=C/C(C)=C(\C(C)=C/C)n1c2ccc(C(C)(C)C)cc2c2ccc(Nc3cc(N(c4ccc(C(C)(C)C)cc4)c4cccc(C(C)(C)C)c4O)c(O)c(C(C)(C)C)c3)cc21. The molecular formula is C55H67N3O2. The number of phenolic OH excluding ortho intramolecular Hbond substituents is 2. The van der Waals surface area contributed by atoms with E-state index < -0.39 is 5.41 Å². The summed E-state index contributed by atoms with van der Waals surface area (Å²) in [6.45, 7) is 36.6. The Morgan fingerprint density at radius 3 is 1.77 bits per heavy atom. The number of nitrogens with zero attached hydrogens (tertiary/aromatic N) is 2. The van der Waals surface area contributed by atoms with Gasteiger partial charge in [0.05, 0.1) is 28.1 Å². The number of fused-ring (bicyclic) bond motifs is 3. The minimum atomic E-state index is -0.416. The Morgan fingerprint density at radius 1 is 0.600 bits per heavy atom. The Bertz CT molecular complexity index is 2660. The molecule has 0 aliphatic rings. The number of anilines is 5.